The number of hydrogen-bond donors (Lipinski definition) is 1. The van der Waals surface area contributed by atoms with Crippen molar-refractivity contribution < 1.29 is 19.0 Å². The van der Waals surface area contributed by atoms with E-state index in [1.54, 1.807) is 25.3 Å². The number of ether oxygens (including phenoxy) is 3. The molecule has 0 aliphatic rings. The average Bonchev–Trinajstić information content (AvgIpc) is 2.81. The van der Waals surface area contributed by atoms with Crippen molar-refractivity contribution in [1.82, 2.24) is 5.32 Å². The lowest BCUT2D eigenvalue weighted by Crippen LogP contribution is -2.29. The van der Waals surface area contributed by atoms with Crippen LogP contribution in [0.2, 0.25) is 0 Å². The van der Waals surface area contributed by atoms with Crippen molar-refractivity contribution >= 4 is 12.0 Å². The van der Waals surface area contributed by atoms with E-state index >= 15 is 0 Å². The van der Waals surface area contributed by atoms with E-state index in [1.165, 1.54) is 18.9 Å². The highest BCUT2D eigenvalue weighted by Crippen LogP contribution is 2.29. The molecule has 0 atom stereocenters. The molecule has 6 nitrogen and oxygen atoms in total. The Bertz CT molecular complexity index is 930. The second-order valence-corrected chi connectivity index (χ2v) is 7.41. The minimum Gasteiger partial charge on any atom is -0.493 e. The molecule has 0 spiro atoms. The first-order valence-corrected chi connectivity index (χ1v) is 11.0. The fraction of sp³-hybridized carbons (Fsp3) is 0.385. The Morgan fingerprint density at radius 2 is 1.81 bits per heavy atom. The molecule has 0 aliphatic carbocycles. The fourth-order valence-corrected chi connectivity index (χ4v) is 2.98. The van der Waals surface area contributed by atoms with Gasteiger partial charge < -0.3 is 19.5 Å². The number of carbonyl (C=O) groups excluding carboxylic acids is 1. The summed E-state index contributed by atoms with van der Waals surface area (Å²) < 4.78 is 16.8. The number of methoxy groups -OCH3 is 1. The van der Waals surface area contributed by atoms with Gasteiger partial charge in [-0.15, -0.1) is 0 Å². The number of nitriles is 1. The summed E-state index contributed by atoms with van der Waals surface area (Å²) in [6.45, 7) is 5.41. The van der Waals surface area contributed by atoms with Gasteiger partial charge in [0.25, 0.3) is 5.91 Å². The first kappa shape index (κ1) is 24.8. The molecular formula is C26H32N2O4. The van der Waals surface area contributed by atoms with Gasteiger partial charge in [0, 0.05) is 0 Å². The fourth-order valence-electron chi connectivity index (χ4n) is 2.98. The zero-order chi connectivity index (χ0) is 23.2. The molecule has 0 unspecified atom stereocenters. The van der Waals surface area contributed by atoms with Gasteiger partial charge in [0.15, 0.2) is 11.5 Å². The van der Waals surface area contributed by atoms with Crippen molar-refractivity contribution in [2.24, 2.45) is 0 Å². The van der Waals surface area contributed by atoms with Crippen molar-refractivity contribution in [2.75, 3.05) is 26.9 Å². The lowest BCUT2D eigenvalue weighted by Gasteiger charge is -2.11. The van der Waals surface area contributed by atoms with Gasteiger partial charge in [-0.3, -0.25) is 4.79 Å². The monoisotopic (exact) mass is 436 g/mol. The topological polar surface area (TPSA) is 80.6 Å². The molecule has 32 heavy (non-hydrogen) atoms. The summed E-state index contributed by atoms with van der Waals surface area (Å²) in [6.07, 6.45) is 6.03. The summed E-state index contributed by atoms with van der Waals surface area (Å²) in [5.74, 6) is 1.51. The van der Waals surface area contributed by atoms with Gasteiger partial charge in [-0.2, -0.15) is 5.26 Å². The highest BCUT2D eigenvalue weighted by atomic mass is 16.5. The summed E-state index contributed by atoms with van der Waals surface area (Å²) in [5.41, 5.74) is 1.84. The third-order valence-corrected chi connectivity index (χ3v) is 4.80. The maximum Gasteiger partial charge on any atom is 0.262 e. The number of unbranched alkanes of at least 4 members (excludes halogenated alkanes) is 3. The molecule has 0 saturated carbocycles. The third kappa shape index (κ3) is 8.35. The molecule has 0 bridgehead atoms. The summed E-state index contributed by atoms with van der Waals surface area (Å²) >= 11 is 0. The van der Waals surface area contributed by atoms with Gasteiger partial charge in [-0.1, -0.05) is 49.9 Å². The summed E-state index contributed by atoms with van der Waals surface area (Å²) in [7, 11) is 1.57. The van der Waals surface area contributed by atoms with Crippen molar-refractivity contribution in [1.29, 1.82) is 5.26 Å². The molecule has 170 valence electrons. The van der Waals surface area contributed by atoms with Crippen LogP contribution >= 0.6 is 0 Å². The molecule has 0 heterocycles. The summed E-state index contributed by atoms with van der Waals surface area (Å²) in [6, 6.07) is 15.0. The predicted octanol–water partition coefficient (Wildman–Crippen LogP) is 5.06. The minimum absolute atomic E-state index is 0.00984. The van der Waals surface area contributed by atoms with Crippen LogP contribution < -0.4 is 19.5 Å². The van der Waals surface area contributed by atoms with Crippen molar-refractivity contribution in [3.63, 3.8) is 0 Å². The second-order valence-electron chi connectivity index (χ2n) is 7.41. The molecule has 6 heteroatoms. The van der Waals surface area contributed by atoms with Crippen molar-refractivity contribution in [3.05, 3.63) is 59.2 Å². The van der Waals surface area contributed by atoms with E-state index < -0.39 is 5.91 Å². The third-order valence-electron chi connectivity index (χ3n) is 4.80. The number of hydrogen-bond acceptors (Lipinski definition) is 5. The SMILES string of the molecule is CCCCCCOc1ccc(/C=C(\C#N)C(=O)NCCOc2ccc(C)cc2)cc1OC. The Balaban J connectivity index is 1.90. The summed E-state index contributed by atoms with van der Waals surface area (Å²) in [4.78, 5) is 12.4. The lowest BCUT2D eigenvalue weighted by atomic mass is 10.1. The van der Waals surface area contributed by atoms with Gasteiger partial charge in [0.2, 0.25) is 0 Å². The smallest absolute Gasteiger partial charge is 0.262 e. The minimum atomic E-state index is -0.449. The first-order valence-electron chi connectivity index (χ1n) is 11.0. The van der Waals surface area contributed by atoms with E-state index in [0.717, 1.165) is 24.2 Å². The highest BCUT2D eigenvalue weighted by Gasteiger charge is 2.10. The van der Waals surface area contributed by atoms with Gasteiger partial charge in [0.05, 0.1) is 20.3 Å². The average molecular weight is 437 g/mol. The number of carbonyl (C=O) groups is 1. The van der Waals surface area contributed by atoms with Crippen molar-refractivity contribution in [3.8, 4) is 23.3 Å². The lowest BCUT2D eigenvalue weighted by molar-refractivity contribution is -0.117. The molecule has 0 saturated heterocycles. The molecule has 2 aromatic rings. The van der Waals surface area contributed by atoms with Crippen LogP contribution in [0.25, 0.3) is 6.08 Å². The molecule has 0 aliphatic heterocycles. The van der Waals surface area contributed by atoms with Crippen molar-refractivity contribution in [2.45, 2.75) is 39.5 Å². The van der Waals surface area contributed by atoms with Gasteiger partial charge >= 0.3 is 0 Å². The van der Waals surface area contributed by atoms with Crippen LogP contribution in [0.1, 0.15) is 43.7 Å². The van der Waals surface area contributed by atoms with E-state index in [1.807, 2.05) is 37.3 Å². The maximum atomic E-state index is 12.4. The van der Waals surface area contributed by atoms with Gasteiger partial charge in [-0.05, 0) is 49.2 Å². The molecule has 1 N–H and O–H groups in total. The van der Waals surface area contributed by atoms with Crippen LogP contribution in [0.15, 0.2) is 48.0 Å². The maximum absolute atomic E-state index is 12.4. The van der Waals surface area contributed by atoms with Gasteiger partial charge in [-0.25, -0.2) is 0 Å². The quantitative estimate of drug-likeness (QED) is 0.269. The molecule has 2 rings (SSSR count). The molecule has 1 amide bonds. The van der Waals surface area contributed by atoms with Crippen LogP contribution in [0.5, 0.6) is 17.2 Å². The largest absolute Gasteiger partial charge is 0.493 e. The number of amides is 1. The Morgan fingerprint density at radius 1 is 1.03 bits per heavy atom. The Morgan fingerprint density at radius 3 is 2.50 bits per heavy atom. The van der Waals surface area contributed by atoms with Crippen LogP contribution in [-0.4, -0.2) is 32.8 Å². The summed E-state index contributed by atoms with van der Waals surface area (Å²) in [5, 5.41) is 12.1. The second kappa shape index (κ2) is 13.8. The number of nitrogens with zero attached hydrogens (tertiary/aromatic N) is 1. The Hall–Kier alpha value is -3.46. The van der Waals surface area contributed by atoms with Crippen LogP contribution in [-0.2, 0) is 4.79 Å². The van der Waals surface area contributed by atoms with E-state index in [9.17, 15) is 10.1 Å². The normalized spacial score (nSPS) is 10.9. The van der Waals surface area contributed by atoms with Gasteiger partial charge in [0.1, 0.15) is 24.0 Å². The highest BCUT2D eigenvalue weighted by molar-refractivity contribution is 6.01. The number of benzene rings is 2. The van der Waals surface area contributed by atoms with E-state index in [2.05, 4.69) is 12.2 Å². The zero-order valence-electron chi connectivity index (χ0n) is 19.1. The number of aryl methyl sites for hydroxylation is 1. The molecule has 0 aromatic heterocycles. The zero-order valence-corrected chi connectivity index (χ0v) is 19.1. The Kier molecular flexibility index (Phi) is 10.7. The molecule has 0 radical (unpaired) electrons. The predicted molar refractivity (Wildman–Crippen MR) is 126 cm³/mol. The van der Waals surface area contributed by atoms with Crippen LogP contribution in [0.3, 0.4) is 0 Å². The van der Waals surface area contributed by atoms with Crippen LogP contribution in [0.4, 0.5) is 0 Å². The molecule has 2 aromatic carbocycles. The van der Waals surface area contributed by atoms with Crippen LogP contribution in [0, 0.1) is 18.3 Å². The first-order chi connectivity index (χ1) is 15.6. The standard InChI is InChI=1S/C26H32N2O4/c1-4-5-6-7-15-32-24-13-10-21(18-25(24)30-3)17-22(19-27)26(29)28-14-16-31-23-11-8-20(2)9-12-23/h8-13,17-18H,4-7,14-16H2,1-3H3,(H,28,29)/b22-17+. The Labute approximate surface area is 190 Å². The van der Waals surface area contributed by atoms with E-state index in [0.29, 0.717) is 36.8 Å². The molecule has 0 fully saturated rings. The molecular weight excluding hydrogens is 404 g/mol. The number of nitrogens with one attached hydrogen (secondary N) is 1. The van der Waals surface area contributed by atoms with E-state index in [4.69, 9.17) is 14.2 Å². The number of rotatable bonds is 13. The van der Waals surface area contributed by atoms with E-state index in [-0.39, 0.29) is 5.57 Å².